The van der Waals surface area contributed by atoms with E-state index in [1.807, 2.05) is 6.07 Å². The van der Waals surface area contributed by atoms with Gasteiger partial charge in [-0.3, -0.25) is 0 Å². The SMILES string of the molecule is CCc1ccc(CC)c(-c2cc(N)ncn2)c1. The third-order valence-electron chi connectivity index (χ3n) is 2.93. The van der Waals surface area contributed by atoms with Crippen LogP contribution in [-0.2, 0) is 12.8 Å². The number of hydrogen-bond acceptors (Lipinski definition) is 3. The zero-order valence-electron chi connectivity index (χ0n) is 10.3. The highest BCUT2D eigenvalue weighted by Crippen LogP contribution is 2.24. The van der Waals surface area contributed by atoms with E-state index in [0.717, 1.165) is 18.5 Å². The number of hydrogen-bond donors (Lipinski definition) is 1. The second-order valence-corrected chi connectivity index (χ2v) is 4.03. The second kappa shape index (κ2) is 4.95. The fourth-order valence-electron chi connectivity index (χ4n) is 1.91. The van der Waals surface area contributed by atoms with Crippen LogP contribution in [0, 0.1) is 0 Å². The Bertz CT molecular complexity index is 521. The molecule has 2 rings (SSSR count). The molecule has 0 aliphatic heterocycles. The van der Waals surface area contributed by atoms with Gasteiger partial charge in [-0.2, -0.15) is 0 Å². The molecule has 0 aliphatic carbocycles. The molecule has 1 aromatic carbocycles. The Balaban J connectivity index is 2.56. The Kier molecular flexibility index (Phi) is 3.38. The molecule has 0 spiro atoms. The summed E-state index contributed by atoms with van der Waals surface area (Å²) in [6.07, 6.45) is 3.53. The maximum atomic E-state index is 5.71. The number of aryl methyl sites for hydroxylation is 2. The number of benzene rings is 1. The van der Waals surface area contributed by atoms with Crippen molar-refractivity contribution in [2.75, 3.05) is 5.73 Å². The second-order valence-electron chi connectivity index (χ2n) is 4.03. The molecule has 2 aromatic rings. The van der Waals surface area contributed by atoms with Crippen LogP contribution in [0.3, 0.4) is 0 Å². The Hall–Kier alpha value is -1.90. The highest BCUT2D eigenvalue weighted by Gasteiger charge is 2.06. The molecule has 2 N–H and O–H groups in total. The van der Waals surface area contributed by atoms with Crippen LogP contribution in [0.4, 0.5) is 5.82 Å². The maximum Gasteiger partial charge on any atom is 0.127 e. The molecule has 0 saturated carbocycles. The van der Waals surface area contributed by atoms with Crippen LogP contribution < -0.4 is 5.73 Å². The van der Waals surface area contributed by atoms with Gasteiger partial charge < -0.3 is 5.73 Å². The van der Waals surface area contributed by atoms with Crippen molar-refractivity contribution >= 4 is 5.82 Å². The van der Waals surface area contributed by atoms with Crippen molar-refractivity contribution in [3.05, 3.63) is 41.7 Å². The number of rotatable bonds is 3. The van der Waals surface area contributed by atoms with Crippen LogP contribution >= 0.6 is 0 Å². The summed E-state index contributed by atoms with van der Waals surface area (Å²) in [7, 11) is 0. The first-order valence-electron chi connectivity index (χ1n) is 5.94. The molecule has 0 amide bonds. The first kappa shape index (κ1) is 11.6. The number of nitrogens with two attached hydrogens (primary N) is 1. The minimum atomic E-state index is 0.513. The minimum Gasteiger partial charge on any atom is -0.384 e. The predicted octanol–water partition coefficient (Wildman–Crippen LogP) is 2.85. The van der Waals surface area contributed by atoms with Gasteiger partial charge in [-0.25, -0.2) is 9.97 Å². The fraction of sp³-hybridized carbons (Fsp3) is 0.286. The predicted molar refractivity (Wildman–Crippen MR) is 70.6 cm³/mol. The Morgan fingerprint density at radius 2 is 1.88 bits per heavy atom. The molecular formula is C14H17N3. The van der Waals surface area contributed by atoms with Gasteiger partial charge in [0.2, 0.25) is 0 Å². The summed E-state index contributed by atoms with van der Waals surface area (Å²) in [5.74, 6) is 0.513. The minimum absolute atomic E-state index is 0.513. The summed E-state index contributed by atoms with van der Waals surface area (Å²) in [5, 5.41) is 0. The first-order chi connectivity index (χ1) is 8.24. The standard InChI is InChI=1S/C14H17N3/c1-3-10-5-6-11(4-2)12(7-10)13-8-14(15)17-9-16-13/h5-9H,3-4H2,1-2H3,(H2,15,16,17). The van der Waals surface area contributed by atoms with E-state index in [2.05, 4.69) is 42.0 Å². The van der Waals surface area contributed by atoms with Crippen molar-refractivity contribution in [1.29, 1.82) is 0 Å². The largest absolute Gasteiger partial charge is 0.384 e. The van der Waals surface area contributed by atoms with Gasteiger partial charge in [0.05, 0.1) is 5.69 Å². The van der Waals surface area contributed by atoms with Gasteiger partial charge in [0, 0.05) is 11.6 Å². The van der Waals surface area contributed by atoms with Crippen molar-refractivity contribution in [3.63, 3.8) is 0 Å². The molecule has 3 nitrogen and oxygen atoms in total. The molecule has 1 aromatic heterocycles. The lowest BCUT2D eigenvalue weighted by Gasteiger charge is -2.09. The summed E-state index contributed by atoms with van der Waals surface area (Å²) in [6.45, 7) is 4.30. The van der Waals surface area contributed by atoms with Gasteiger partial charge in [-0.05, 0) is 30.0 Å². The summed E-state index contributed by atoms with van der Waals surface area (Å²) in [5.41, 5.74) is 10.4. The van der Waals surface area contributed by atoms with Crippen LogP contribution in [0.1, 0.15) is 25.0 Å². The molecule has 0 atom stereocenters. The van der Waals surface area contributed by atoms with Crippen LogP contribution in [0.5, 0.6) is 0 Å². The molecule has 1 heterocycles. The van der Waals surface area contributed by atoms with Crippen molar-refractivity contribution in [1.82, 2.24) is 9.97 Å². The van der Waals surface area contributed by atoms with E-state index < -0.39 is 0 Å². The topological polar surface area (TPSA) is 51.8 Å². The molecule has 0 saturated heterocycles. The summed E-state index contributed by atoms with van der Waals surface area (Å²) >= 11 is 0. The fourth-order valence-corrected chi connectivity index (χ4v) is 1.91. The van der Waals surface area contributed by atoms with Crippen molar-refractivity contribution in [3.8, 4) is 11.3 Å². The zero-order valence-corrected chi connectivity index (χ0v) is 10.3. The van der Waals surface area contributed by atoms with Gasteiger partial charge in [0.15, 0.2) is 0 Å². The highest BCUT2D eigenvalue weighted by atomic mass is 14.9. The number of nitrogens with zero attached hydrogens (tertiary/aromatic N) is 2. The Labute approximate surface area is 102 Å². The van der Waals surface area contributed by atoms with Gasteiger partial charge in [0.25, 0.3) is 0 Å². The lowest BCUT2D eigenvalue weighted by Crippen LogP contribution is -1.96. The Morgan fingerprint density at radius 1 is 1.06 bits per heavy atom. The van der Waals surface area contributed by atoms with Gasteiger partial charge in [-0.15, -0.1) is 0 Å². The zero-order chi connectivity index (χ0) is 12.3. The van der Waals surface area contributed by atoms with E-state index in [1.165, 1.54) is 23.0 Å². The van der Waals surface area contributed by atoms with Crippen LogP contribution in [0.25, 0.3) is 11.3 Å². The molecular weight excluding hydrogens is 210 g/mol. The van der Waals surface area contributed by atoms with Crippen LogP contribution in [-0.4, -0.2) is 9.97 Å². The molecule has 0 aliphatic rings. The number of nitrogen functional groups attached to an aromatic ring is 1. The van der Waals surface area contributed by atoms with E-state index in [-0.39, 0.29) is 0 Å². The molecule has 0 fully saturated rings. The normalized spacial score (nSPS) is 10.5. The maximum absolute atomic E-state index is 5.71. The quantitative estimate of drug-likeness (QED) is 0.877. The van der Waals surface area contributed by atoms with E-state index in [4.69, 9.17) is 5.73 Å². The Morgan fingerprint density at radius 3 is 2.53 bits per heavy atom. The van der Waals surface area contributed by atoms with E-state index >= 15 is 0 Å². The van der Waals surface area contributed by atoms with E-state index in [9.17, 15) is 0 Å². The third-order valence-corrected chi connectivity index (χ3v) is 2.93. The first-order valence-corrected chi connectivity index (χ1v) is 5.94. The summed E-state index contributed by atoms with van der Waals surface area (Å²) in [6, 6.07) is 8.37. The average molecular weight is 227 g/mol. The average Bonchev–Trinajstić information content (AvgIpc) is 2.38. The monoisotopic (exact) mass is 227 g/mol. The lowest BCUT2D eigenvalue weighted by molar-refractivity contribution is 1.09. The summed E-state index contributed by atoms with van der Waals surface area (Å²) < 4.78 is 0. The van der Waals surface area contributed by atoms with Crippen molar-refractivity contribution in [2.24, 2.45) is 0 Å². The van der Waals surface area contributed by atoms with Gasteiger partial charge in [0.1, 0.15) is 12.1 Å². The smallest absolute Gasteiger partial charge is 0.127 e. The molecule has 88 valence electrons. The van der Waals surface area contributed by atoms with E-state index in [1.54, 1.807) is 0 Å². The molecule has 0 unspecified atom stereocenters. The number of aromatic nitrogens is 2. The van der Waals surface area contributed by atoms with Crippen LogP contribution in [0.2, 0.25) is 0 Å². The molecule has 17 heavy (non-hydrogen) atoms. The highest BCUT2D eigenvalue weighted by molar-refractivity contribution is 5.66. The summed E-state index contributed by atoms with van der Waals surface area (Å²) in [4.78, 5) is 8.23. The van der Waals surface area contributed by atoms with Crippen LogP contribution in [0.15, 0.2) is 30.6 Å². The number of anilines is 1. The lowest BCUT2D eigenvalue weighted by atomic mass is 9.98. The molecule has 0 bridgehead atoms. The van der Waals surface area contributed by atoms with Gasteiger partial charge in [-0.1, -0.05) is 26.0 Å². The third kappa shape index (κ3) is 2.44. The van der Waals surface area contributed by atoms with Gasteiger partial charge >= 0.3 is 0 Å². The van der Waals surface area contributed by atoms with Crippen molar-refractivity contribution < 1.29 is 0 Å². The molecule has 0 radical (unpaired) electrons. The van der Waals surface area contributed by atoms with Crippen molar-refractivity contribution in [2.45, 2.75) is 26.7 Å². The van der Waals surface area contributed by atoms with E-state index in [0.29, 0.717) is 5.82 Å². The molecule has 3 heteroatoms.